The number of carbonyl (C=O) groups is 1. The summed E-state index contributed by atoms with van der Waals surface area (Å²) in [7, 11) is 0. The van der Waals surface area contributed by atoms with Crippen LogP contribution in [0.15, 0.2) is 42.5 Å². The highest BCUT2D eigenvalue weighted by Crippen LogP contribution is 2.28. The third kappa shape index (κ3) is 4.38. The van der Waals surface area contributed by atoms with Crippen molar-refractivity contribution < 1.29 is 9.53 Å². The molecule has 0 aliphatic rings. The maximum absolute atomic E-state index is 12.1. The van der Waals surface area contributed by atoms with Gasteiger partial charge in [-0.25, -0.2) is 0 Å². The van der Waals surface area contributed by atoms with E-state index >= 15 is 0 Å². The molecule has 0 unspecified atom stereocenters. The highest BCUT2D eigenvalue weighted by atomic mass is 35.5. The summed E-state index contributed by atoms with van der Waals surface area (Å²) in [4.78, 5) is 12.1. The molecule has 0 spiro atoms. The van der Waals surface area contributed by atoms with Crippen LogP contribution in [-0.2, 0) is 4.79 Å². The van der Waals surface area contributed by atoms with E-state index in [1.165, 1.54) is 0 Å². The molecule has 2 rings (SSSR count). The van der Waals surface area contributed by atoms with Gasteiger partial charge in [0.2, 0.25) is 0 Å². The van der Waals surface area contributed by atoms with Gasteiger partial charge in [0.25, 0.3) is 5.91 Å². The van der Waals surface area contributed by atoms with Gasteiger partial charge in [-0.05, 0) is 44.2 Å². The van der Waals surface area contributed by atoms with Gasteiger partial charge < -0.3 is 10.1 Å². The van der Waals surface area contributed by atoms with Gasteiger partial charge in [0, 0.05) is 10.7 Å². The van der Waals surface area contributed by atoms with Crippen LogP contribution in [0.4, 0.5) is 5.69 Å². The molecule has 0 saturated carbocycles. The molecular formula is C16H15Cl2NO2. The minimum absolute atomic E-state index is 0.245. The summed E-state index contributed by atoms with van der Waals surface area (Å²) in [5.74, 6) is 0.178. The van der Waals surface area contributed by atoms with Crippen LogP contribution < -0.4 is 10.1 Å². The van der Waals surface area contributed by atoms with Crippen molar-refractivity contribution in [3.05, 3.63) is 58.1 Å². The summed E-state index contributed by atoms with van der Waals surface area (Å²) in [5.41, 5.74) is 1.86. The lowest BCUT2D eigenvalue weighted by atomic mass is 10.2. The Hall–Kier alpha value is -1.71. The molecule has 1 amide bonds. The quantitative estimate of drug-likeness (QED) is 0.885. The number of hydrogen-bond acceptors (Lipinski definition) is 2. The van der Waals surface area contributed by atoms with Crippen LogP contribution in [0.3, 0.4) is 0 Å². The average molecular weight is 324 g/mol. The molecule has 0 radical (unpaired) electrons. The molecule has 21 heavy (non-hydrogen) atoms. The van der Waals surface area contributed by atoms with Gasteiger partial charge in [0.1, 0.15) is 5.75 Å². The molecule has 0 saturated heterocycles. The lowest BCUT2D eigenvalue weighted by Crippen LogP contribution is -2.30. The first-order valence-electron chi connectivity index (χ1n) is 6.45. The van der Waals surface area contributed by atoms with E-state index in [1.807, 2.05) is 31.2 Å². The number of rotatable bonds is 4. The first-order chi connectivity index (χ1) is 9.95. The van der Waals surface area contributed by atoms with E-state index in [-0.39, 0.29) is 5.91 Å². The topological polar surface area (TPSA) is 38.3 Å². The molecule has 0 aromatic heterocycles. The lowest BCUT2D eigenvalue weighted by Gasteiger charge is -2.15. The van der Waals surface area contributed by atoms with Crippen LogP contribution in [0.25, 0.3) is 0 Å². The second kappa shape index (κ2) is 6.83. The second-order valence-corrected chi connectivity index (χ2v) is 5.53. The molecule has 5 heteroatoms. The number of halogens is 2. The largest absolute Gasteiger partial charge is 0.479 e. The highest BCUT2D eigenvalue weighted by Gasteiger charge is 2.16. The molecule has 1 atom stereocenters. The summed E-state index contributed by atoms with van der Waals surface area (Å²) in [6.45, 7) is 3.65. The van der Waals surface area contributed by atoms with Crippen molar-refractivity contribution in [2.45, 2.75) is 20.0 Å². The molecule has 2 aromatic carbocycles. The Labute approximate surface area is 133 Å². The number of benzene rings is 2. The zero-order valence-corrected chi connectivity index (χ0v) is 13.2. The minimum atomic E-state index is -0.676. The van der Waals surface area contributed by atoms with Crippen LogP contribution in [0.5, 0.6) is 5.75 Å². The van der Waals surface area contributed by atoms with E-state index in [9.17, 15) is 4.79 Å². The van der Waals surface area contributed by atoms with Crippen molar-refractivity contribution in [1.29, 1.82) is 0 Å². The number of aryl methyl sites for hydroxylation is 1. The fourth-order valence-electron chi connectivity index (χ4n) is 1.70. The molecule has 0 aliphatic carbocycles. The van der Waals surface area contributed by atoms with Crippen molar-refractivity contribution in [1.82, 2.24) is 0 Å². The van der Waals surface area contributed by atoms with Crippen molar-refractivity contribution in [2.75, 3.05) is 5.32 Å². The third-order valence-electron chi connectivity index (χ3n) is 2.89. The zero-order valence-electron chi connectivity index (χ0n) is 11.7. The Morgan fingerprint density at radius 1 is 1.14 bits per heavy atom. The van der Waals surface area contributed by atoms with Crippen LogP contribution in [0.2, 0.25) is 10.0 Å². The Morgan fingerprint density at radius 3 is 2.43 bits per heavy atom. The molecule has 0 aliphatic heterocycles. The average Bonchev–Trinajstić information content (AvgIpc) is 2.44. The van der Waals surface area contributed by atoms with Gasteiger partial charge in [-0.2, -0.15) is 0 Å². The van der Waals surface area contributed by atoms with E-state index in [2.05, 4.69) is 5.32 Å². The van der Waals surface area contributed by atoms with Gasteiger partial charge in [-0.15, -0.1) is 0 Å². The molecule has 0 heterocycles. The SMILES string of the molecule is Cc1ccc(NC(=O)[C@H](C)Oc2ccc(Cl)cc2Cl)cc1. The first-order valence-corrected chi connectivity index (χ1v) is 7.20. The molecule has 2 aromatic rings. The number of ether oxygens (including phenoxy) is 1. The van der Waals surface area contributed by atoms with Crippen molar-refractivity contribution in [2.24, 2.45) is 0 Å². The number of anilines is 1. The summed E-state index contributed by atoms with van der Waals surface area (Å²) in [6.07, 6.45) is -0.676. The smallest absolute Gasteiger partial charge is 0.265 e. The Bertz CT molecular complexity index is 641. The summed E-state index contributed by atoms with van der Waals surface area (Å²) < 4.78 is 5.56. The number of hydrogen-bond donors (Lipinski definition) is 1. The molecule has 1 N–H and O–H groups in total. The van der Waals surface area contributed by atoms with E-state index in [0.717, 1.165) is 11.3 Å². The predicted octanol–water partition coefficient (Wildman–Crippen LogP) is 4.71. The van der Waals surface area contributed by atoms with E-state index in [1.54, 1.807) is 25.1 Å². The standard InChI is InChI=1S/C16H15Cl2NO2/c1-10-3-6-13(7-4-10)19-16(20)11(2)21-15-8-5-12(17)9-14(15)18/h3-9,11H,1-2H3,(H,19,20)/t11-/m0/s1. The summed E-state index contributed by atoms with van der Waals surface area (Å²) >= 11 is 11.8. The maximum Gasteiger partial charge on any atom is 0.265 e. The molecule has 0 fully saturated rings. The Morgan fingerprint density at radius 2 is 1.81 bits per heavy atom. The van der Waals surface area contributed by atoms with Crippen molar-refractivity contribution in [3.8, 4) is 5.75 Å². The third-order valence-corrected chi connectivity index (χ3v) is 3.42. The normalized spacial score (nSPS) is 11.8. The van der Waals surface area contributed by atoms with Crippen LogP contribution in [0, 0.1) is 6.92 Å². The Balaban J connectivity index is 2.00. The van der Waals surface area contributed by atoms with Gasteiger partial charge in [0.15, 0.2) is 6.10 Å². The monoisotopic (exact) mass is 323 g/mol. The van der Waals surface area contributed by atoms with E-state index in [4.69, 9.17) is 27.9 Å². The fraction of sp³-hybridized carbons (Fsp3) is 0.188. The zero-order chi connectivity index (χ0) is 15.4. The van der Waals surface area contributed by atoms with E-state index < -0.39 is 6.10 Å². The highest BCUT2D eigenvalue weighted by molar-refractivity contribution is 6.35. The number of carbonyl (C=O) groups excluding carboxylic acids is 1. The summed E-state index contributed by atoms with van der Waals surface area (Å²) in [6, 6.07) is 12.4. The van der Waals surface area contributed by atoms with Crippen LogP contribution in [-0.4, -0.2) is 12.0 Å². The molecular weight excluding hydrogens is 309 g/mol. The second-order valence-electron chi connectivity index (χ2n) is 4.69. The minimum Gasteiger partial charge on any atom is -0.479 e. The molecule has 0 bridgehead atoms. The van der Waals surface area contributed by atoms with Crippen LogP contribution >= 0.6 is 23.2 Å². The maximum atomic E-state index is 12.1. The lowest BCUT2D eigenvalue weighted by molar-refractivity contribution is -0.122. The van der Waals surface area contributed by atoms with Gasteiger partial charge in [-0.3, -0.25) is 4.79 Å². The van der Waals surface area contributed by atoms with Gasteiger partial charge >= 0.3 is 0 Å². The van der Waals surface area contributed by atoms with Gasteiger partial charge in [-0.1, -0.05) is 40.9 Å². The van der Waals surface area contributed by atoms with Crippen molar-refractivity contribution >= 4 is 34.8 Å². The molecule has 110 valence electrons. The van der Waals surface area contributed by atoms with Gasteiger partial charge in [0.05, 0.1) is 5.02 Å². The number of amides is 1. The van der Waals surface area contributed by atoms with Crippen molar-refractivity contribution in [3.63, 3.8) is 0 Å². The predicted molar refractivity (Wildman–Crippen MR) is 86.4 cm³/mol. The first kappa shape index (κ1) is 15.7. The Kier molecular flexibility index (Phi) is 5.10. The number of nitrogens with one attached hydrogen (secondary N) is 1. The van der Waals surface area contributed by atoms with E-state index in [0.29, 0.717) is 15.8 Å². The fourth-order valence-corrected chi connectivity index (χ4v) is 2.15. The summed E-state index contributed by atoms with van der Waals surface area (Å²) in [5, 5.41) is 3.68. The van der Waals surface area contributed by atoms with Crippen LogP contribution in [0.1, 0.15) is 12.5 Å². The molecule has 3 nitrogen and oxygen atoms in total.